The molecule has 0 saturated heterocycles. The smallest absolute Gasteiger partial charge is 0.160 e. The fourth-order valence-corrected chi connectivity index (χ4v) is 6.88. The van der Waals surface area contributed by atoms with Gasteiger partial charge < -0.3 is 18.6 Å². The topological polar surface area (TPSA) is 32.8 Å². The first-order valence-electron chi connectivity index (χ1n) is 15.5. The van der Waals surface area contributed by atoms with E-state index in [1.54, 1.807) is 0 Å². The lowest BCUT2D eigenvalue weighted by atomic mass is 10.1. The van der Waals surface area contributed by atoms with Crippen LogP contribution in [-0.2, 0) is 0 Å². The Hall–Kier alpha value is -5.97. The van der Waals surface area contributed by atoms with Crippen LogP contribution in [0.15, 0.2) is 173 Å². The second kappa shape index (κ2) is 11.1. The van der Waals surface area contributed by atoms with Gasteiger partial charge in [0.15, 0.2) is 5.58 Å². The lowest BCUT2D eigenvalue weighted by molar-refractivity contribution is 0.668. The molecular formula is C42H27ClN2O2. The molecule has 0 amide bonds. The highest BCUT2D eigenvalue weighted by Gasteiger charge is 2.24. The summed E-state index contributed by atoms with van der Waals surface area (Å²) in [6, 6.07) is 55.8. The summed E-state index contributed by atoms with van der Waals surface area (Å²) >= 11 is 7.04. The van der Waals surface area contributed by atoms with Crippen molar-refractivity contribution < 1.29 is 8.83 Å². The van der Waals surface area contributed by atoms with Crippen LogP contribution in [0.1, 0.15) is 0 Å². The van der Waals surface area contributed by atoms with E-state index < -0.39 is 0 Å². The SMILES string of the molecule is Clc1ccc2c(oc3ccc(N(c4ccccc4)c4cccc5oc6ccccc6c45)cc32)c1N(c1ccccc1)c1ccccc1. The molecule has 0 unspecified atom stereocenters. The predicted molar refractivity (Wildman–Crippen MR) is 195 cm³/mol. The van der Waals surface area contributed by atoms with E-state index in [1.165, 1.54) is 0 Å². The average molecular weight is 627 g/mol. The van der Waals surface area contributed by atoms with Gasteiger partial charge in [0.05, 0.1) is 16.1 Å². The Labute approximate surface area is 276 Å². The van der Waals surface area contributed by atoms with Crippen molar-refractivity contribution in [2.24, 2.45) is 0 Å². The van der Waals surface area contributed by atoms with Crippen LogP contribution >= 0.6 is 11.6 Å². The van der Waals surface area contributed by atoms with Crippen LogP contribution in [0.3, 0.4) is 0 Å². The molecule has 5 heteroatoms. The van der Waals surface area contributed by atoms with E-state index in [9.17, 15) is 0 Å². The van der Waals surface area contributed by atoms with Crippen molar-refractivity contribution in [1.82, 2.24) is 0 Å². The number of fused-ring (bicyclic) bond motifs is 6. The molecule has 9 rings (SSSR count). The summed E-state index contributed by atoms with van der Waals surface area (Å²) in [6.07, 6.45) is 0. The highest BCUT2D eigenvalue weighted by molar-refractivity contribution is 6.36. The van der Waals surface area contributed by atoms with Crippen LogP contribution in [-0.4, -0.2) is 0 Å². The number of anilines is 6. The molecule has 0 saturated carbocycles. The quantitative estimate of drug-likeness (QED) is 0.184. The normalized spacial score (nSPS) is 11.5. The van der Waals surface area contributed by atoms with E-state index in [1.807, 2.05) is 66.7 Å². The van der Waals surface area contributed by atoms with Crippen LogP contribution in [0.4, 0.5) is 34.1 Å². The summed E-state index contributed by atoms with van der Waals surface area (Å²) in [6.45, 7) is 0. The number of hydrogen-bond acceptors (Lipinski definition) is 4. The van der Waals surface area contributed by atoms with Gasteiger partial charge in [0.25, 0.3) is 0 Å². The molecule has 0 fully saturated rings. The van der Waals surface area contributed by atoms with Crippen LogP contribution in [0.2, 0.25) is 5.02 Å². The lowest BCUT2D eigenvalue weighted by Crippen LogP contribution is -2.10. The fourth-order valence-electron chi connectivity index (χ4n) is 6.65. The largest absolute Gasteiger partial charge is 0.456 e. The molecule has 0 spiro atoms. The number of nitrogens with zero attached hydrogens (tertiary/aromatic N) is 2. The maximum absolute atomic E-state index is 7.04. The van der Waals surface area contributed by atoms with Crippen molar-refractivity contribution in [2.75, 3.05) is 9.80 Å². The van der Waals surface area contributed by atoms with Crippen LogP contribution in [0, 0.1) is 0 Å². The molecule has 2 aromatic heterocycles. The Kier molecular flexibility index (Phi) is 6.47. The summed E-state index contributed by atoms with van der Waals surface area (Å²) in [5.41, 5.74) is 9.09. The van der Waals surface area contributed by atoms with Crippen molar-refractivity contribution in [3.63, 3.8) is 0 Å². The Bertz CT molecular complexity index is 2500. The van der Waals surface area contributed by atoms with Crippen molar-refractivity contribution in [1.29, 1.82) is 0 Å². The molecule has 0 aliphatic heterocycles. The van der Waals surface area contributed by atoms with Gasteiger partial charge in [-0.1, -0.05) is 90.5 Å². The van der Waals surface area contributed by atoms with Gasteiger partial charge in [0, 0.05) is 38.9 Å². The molecule has 0 atom stereocenters. The van der Waals surface area contributed by atoms with Gasteiger partial charge in [-0.05, 0) is 84.9 Å². The minimum Gasteiger partial charge on any atom is -0.456 e. The van der Waals surface area contributed by atoms with E-state index in [-0.39, 0.29) is 0 Å². The van der Waals surface area contributed by atoms with Crippen molar-refractivity contribution in [2.45, 2.75) is 0 Å². The first-order valence-corrected chi connectivity index (χ1v) is 15.9. The summed E-state index contributed by atoms with van der Waals surface area (Å²) in [5.74, 6) is 0. The monoisotopic (exact) mass is 626 g/mol. The molecule has 224 valence electrons. The zero-order chi connectivity index (χ0) is 31.3. The molecule has 0 radical (unpaired) electrons. The van der Waals surface area contributed by atoms with Gasteiger partial charge in [-0.15, -0.1) is 0 Å². The molecule has 0 aliphatic carbocycles. The van der Waals surface area contributed by atoms with Crippen LogP contribution in [0.5, 0.6) is 0 Å². The summed E-state index contributed by atoms with van der Waals surface area (Å²) in [7, 11) is 0. The standard InChI is InChI=1S/C42H27ClN2O2/c43-35-25-24-32-34-27-31(23-26-38(34)47-42(32)41(35)45(29-15-6-2-7-16-29)30-17-8-3-9-18-30)44(28-13-4-1-5-14-28)36-20-12-22-39-40(36)33-19-10-11-21-37(33)46-39/h1-27H. The number of hydrogen-bond donors (Lipinski definition) is 0. The molecular weight excluding hydrogens is 600 g/mol. The molecule has 2 heterocycles. The Morgan fingerprint density at radius 2 is 1.00 bits per heavy atom. The van der Waals surface area contributed by atoms with Gasteiger partial charge in [0.1, 0.15) is 22.4 Å². The maximum Gasteiger partial charge on any atom is 0.160 e. The fraction of sp³-hybridized carbons (Fsp3) is 0. The molecule has 9 aromatic rings. The minimum atomic E-state index is 0.605. The molecule has 7 aromatic carbocycles. The number of para-hydroxylation sites is 4. The van der Waals surface area contributed by atoms with Crippen LogP contribution < -0.4 is 9.80 Å². The molecule has 0 aliphatic rings. The average Bonchev–Trinajstić information content (AvgIpc) is 3.70. The van der Waals surface area contributed by atoms with E-state index in [4.69, 9.17) is 20.4 Å². The lowest BCUT2D eigenvalue weighted by Gasteiger charge is -2.26. The van der Waals surface area contributed by atoms with Gasteiger partial charge in [0.2, 0.25) is 0 Å². The first kappa shape index (κ1) is 27.3. The number of rotatable bonds is 6. The number of furan rings is 2. The summed E-state index contributed by atoms with van der Waals surface area (Å²) < 4.78 is 13.0. The van der Waals surface area contributed by atoms with Gasteiger partial charge in [-0.3, -0.25) is 0 Å². The van der Waals surface area contributed by atoms with E-state index in [0.29, 0.717) is 5.02 Å². The van der Waals surface area contributed by atoms with Crippen molar-refractivity contribution in [3.05, 3.63) is 169 Å². The van der Waals surface area contributed by atoms with E-state index in [0.717, 1.165) is 78.0 Å². The third-order valence-electron chi connectivity index (χ3n) is 8.69. The third-order valence-corrected chi connectivity index (χ3v) is 9.00. The molecule has 0 N–H and O–H groups in total. The Morgan fingerprint density at radius 1 is 0.404 bits per heavy atom. The molecule has 0 bridgehead atoms. The van der Waals surface area contributed by atoms with Gasteiger partial charge >= 0.3 is 0 Å². The third kappa shape index (κ3) is 4.53. The second-order valence-corrected chi connectivity index (χ2v) is 11.9. The Morgan fingerprint density at radius 3 is 1.70 bits per heavy atom. The van der Waals surface area contributed by atoms with Gasteiger partial charge in [-0.2, -0.15) is 0 Å². The van der Waals surface area contributed by atoms with Crippen molar-refractivity contribution >= 4 is 89.6 Å². The van der Waals surface area contributed by atoms with E-state index in [2.05, 4.69) is 107 Å². The zero-order valence-electron chi connectivity index (χ0n) is 25.2. The number of benzene rings is 7. The predicted octanol–water partition coefficient (Wildman–Crippen LogP) is 13.1. The zero-order valence-corrected chi connectivity index (χ0v) is 25.9. The maximum atomic E-state index is 7.04. The Balaban J connectivity index is 1.28. The summed E-state index contributed by atoms with van der Waals surface area (Å²) in [4.78, 5) is 4.45. The number of halogens is 1. The second-order valence-electron chi connectivity index (χ2n) is 11.5. The highest BCUT2D eigenvalue weighted by Crippen LogP contribution is 2.48. The highest BCUT2D eigenvalue weighted by atomic mass is 35.5. The van der Waals surface area contributed by atoms with Gasteiger partial charge in [-0.25, -0.2) is 0 Å². The molecule has 4 nitrogen and oxygen atoms in total. The molecule has 47 heavy (non-hydrogen) atoms. The van der Waals surface area contributed by atoms with Crippen LogP contribution in [0.25, 0.3) is 43.9 Å². The minimum absolute atomic E-state index is 0.605. The van der Waals surface area contributed by atoms with E-state index >= 15 is 0 Å². The summed E-state index contributed by atoms with van der Waals surface area (Å²) in [5, 5.41) is 4.74. The first-order chi connectivity index (χ1) is 23.2. The van der Waals surface area contributed by atoms with Crippen molar-refractivity contribution in [3.8, 4) is 0 Å².